The van der Waals surface area contributed by atoms with Crippen LogP contribution in [0, 0.1) is 12.3 Å². The topological polar surface area (TPSA) is 109 Å². The predicted octanol–water partition coefficient (Wildman–Crippen LogP) is 2.85. The van der Waals surface area contributed by atoms with Crippen LogP contribution >= 0.6 is 0 Å². The lowest BCUT2D eigenvalue weighted by Crippen LogP contribution is -2.50. The molecule has 8 nitrogen and oxygen atoms in total. The zero-order valence-corrected chi connectivity index (χ0v) is 17.4. The zero-order chi connectivity index (χ0) is 21.1. The number of hydrogen-bond acceptors (Lipinski definition) is 6. The summed E-state index contributed by atoms with van der Waals surface area (Å²) in [5.74, 6) is 1.61. The molecular weight excluding hydrogens is 380 g/mol. The van der Waals surface area contributed by atoms with Crippen molar-refractivity contribution in [3.63, 3.8) is 0 Å². The summed E-state index contributed by atoms with van der Waals surface area (Å²) >= 11 is 0. The summed E-state index contributed by atoms with van der Waals surface area (Å²) in [5, 5.41) is 4.08. The Labute approximate surface area is 175 Å². The van der Waals surface area contributed by atoms with Crippen molar-refractivity contribution in [2.75, 3.05) is 36.5 Å². The second kappa shape index (κ2) is 8.31. The van der Waals surface area contributed by atoms with Gasteiger partial charge in [0.05, 0.1) is 17.4 Å². The first-order valence-corrected chi connectivity index (χ1v) is 10.3. The Morgan fingerprint density at radius 2 is 2.13 bits per heavy atom. The molecule has 1 amide bonds. The summed E-state index contributed by atoms with van der Waals surface area (Å²) in [5.41, 5.74) is 8.19. The van der Waals surface area contributed by atoms with E-state index in [1.807, 2.05) is 44.3 Å². The van der Waals surface area contributed by atoms with E-state index in [4.69, 9.17) is 10.5 Å². The first-order valence-electron chi connectivity index (χ1n) is 10.3. The lowest BCUT2D eigenvalue weighted by Gasteiger charge is -2.40. The van der Waals surface area contributed by atoms with Crippen molar-refractivity contribution in [2.24, 2.45) is 11.1 Å². The number of aromatic nitrogens is 3. The van der Waals surface area contributed by atoms with Crippen LogP contribution in [0.2, 0.25) is 0 Å². The Hall–Kier alpha value is -3.13. The van der Waals surface area contributed by atoms with Crippen LogP contribution in [0.15, 0.2) is 36.8 Å². The Morgan fingerprint density at radius 1 is 1.33 bits per heavy atom. The van der Waals surface area contributed by atoms with E-state index in [-0.39, 0.29) is 5.91 Å². The number of nitrogens with zero attached hydrogens (tertiary/aromatic N) is 3. The molecule has 8 heteroatoms. The fraction of sp³-hybridized carbons (Fsp3) is 0.409. The highest BCUT2D eigenvalue weighted by Gasteiger charge is 2.41. The number of carbonyl (C=O) groups excluding carboxylic acids is 1. The first kappa shape index (κ1) is 20.2. The number of ether oxygens (including phenoxy) is 1. The maximum atomic E-state index is 13.2. The number of piperidine rings is 1. The van der Waals surface area contributed by atoms with Gasteiger partial charge >= 0.3 is 0 Å². The van der Waals surface area contributed by atoms with Gasteiger partial charge in [-0.2, -0.15) is 0 Å². The highest BCUT2D eigenvalue weighted by atomic mass is 16.5. The number of aryl methyl sites for hydroxylation is 1. The monoisotopic (exact) mass is 408 g/mol. The second-order valence-corrected chi connectivity index (χ2v) is 7.78. The molecule has 1 aromatic carbocycles. The fourth-order valence-electron chi connectivity index (χ4n) is 4.10. The van der Waals surface area contributed by atoms with Crippen molar-refractivity contribution in [1.82, 2.24) is 15.0 Å². The molecule has 4 rings (SSSR count). The van der Waals surface area contributed by atoms with Crippen LogP contribution in [0.25, 0.3) is 11.0 Å². The summed E-state index contributed by atoms with van der Waals surface area (Å²) in [6.45, 7) is 6.28. The molecule has 0 radical (unpaired) electrons. The van der Waals surface area contributed by atoms with Gasteiger partial charge in [-0.3, -0.25) is 4.79 Å². The molecule has 0 bridgehead atoms. The summed E-state index contributed by atoms with van der Waals surface area (Å²) < 4.78 is 5.53. The Kier molecular flexibility index (Phi) is 5.59. The molecule has 1 fully saturated rings. The Balaban J connectivity index is 1.49. The third-order valence-corrected chi connectivity index (χ3v) is 5.94. The van der Waals surface area contributed by atoms with Crippen LogP contribution in [-0.2, 0) is 4.79 Å². The van der Waals surface area contributed by atoms with E-state index in [2.05, 4.69) is 25.2 Å². The van der Waals surface area contributed by atoms with Crippen LogP contribution in [0.4, 0.5) is 11.5 Å². The molecule has 1 aliphatic heterocycles. The van der Waals surface area contributed by atoms with Gasteiger partial charge in [-0.25, -0.2) is 9.97 Å². The van der Waals surface area contributed by atoms with Gasteiger partial charge < -0.3 is 25.7 Å². The largest absolute Gasteiger partial charge is 0.494 e. The molecule has 3 aromatic rings. The highest BCUT2D eigenvalue weighted by Crippen LogP contribution is 2.36. The number of amides is 1. The number of benzene rings is 1. The van der Waals surface area contributed by atoms with Crippen LogP contribution in [0.5, 0.6) is 5.75 Å². The number of hydrogen-bond donors (Lipinski definition) is 3. The van der Waals surface area contributed by atoms with Crippen molar-refractivity contribution in [3.8, 4) is 5.75 Å². The summed E-state index contributed by atoms with van der Waals surface area (Å²) in [4.78, 5) is 27.4. The second-order valence-electron chi connectivity index (χ2n) is 7.78. The van der Waals surface area contributed by atoms with Gasteiger partial charge in [0.15, 0.2) is 0 Å². The number of fused-ring (bicyclic) bond motifs is 1. The number of rotatable bonds is 6. The Bertz CT molecular complexity index is 1040. The SMILES string of the molecule is CCOc1cccc(NC(=O)C2(CN)CCN(c3ncnc4[nH]cc(C)c34)CC2)c1. The normalized spacial score (nSPS) is 15.9. The van der Waals surface area contributed by atoms with Crippen molar-refractivity contribution < 1.29 is 9.53 Å². The van der Waals surface area contributed by atoms with E-state index in [9.17, 15) is 4.79 Å². The maximum Gasteiger partial charge on any atom is 0.232 e. The molecule has 3 heterocycles. The first-order chi connectivity index (χ1) is 14.6. The quantitative estimate of drug-likeness (QED) is 0.579. The molecule has 1 aliphatic rings. The van der Waals surface area contributed by atoms with E-state index in [1.54, 1.807) is 6.33 Å². The lowest BCUT2D eigenvalue weighted by molar-refractivity contribution is -0.126. The molecule has 4 N–H and O–H groups in total. The third kappa shape index (κ3) is 3.70. The van der Waals surface area contributed by atoms with Crippen LogP contribution in [0.1, 0.15) is 25.3 Å². The summed E-state index contributed by atoms with van der Waals surface area (Å²) in [7, 11) is 0. The molecule has 158 valence electrons. The summed E-state index contributed by atoms with van der Waals surface area (Å²) in [6, 6.07) is 7.46. The van der Waals surface area contributed by atoms with Crippen molar-refractivity contribution in [2.45, 2.75) is 26.7 Å². The van der Waals surface area contributed by atoms with Gasteiger partial charge in [0.25, 0.3) is 0 Å². The molecule has 2 aromatic heterocycles. The molecular formula is C22H28N6O2. The standard InChI is InChI=1S/C22H28N6O2/c1-3-30-17-6-4-5-16(11-17)27-21(29)22(13-23)7-9-28(10-8-22)20-18-15(2)12-24-19(18)25-14-26-20/h4-6,11-12,14H,3,7-10,13,23H2,1-2H3,(H,27,29)(H,24,25,26). The van der Waals surface area contributed by atoms with Crippen molar-refractivity contribution in [1.29, 1.82) is 0 Å². The molecule has 0 saturated carbocycles. The average Bonchev–Trinajstić information content (AvgIpc) is 3.15. The number of carbonyl (C=O) groups is 1. The Morgan fingerprint density at radius 3 is 2.87 bits per heavy atom. The van der Waals surface area contributed by atoms with Gasteiger partial charge in [-0.05, 0) is 44.4 Å². The fourth-order valence-corrected chi connectivity index (χ4v) is 4.10. The number of aromatic amines is 1. The van der Waals surface area contributed by atoms with Gasteiger partial charge in [-0.15, -0.1) is 0 Å². The van der Waals surface area contributed by atoms with Crippen LogP contribution < -0.4 is 20.7 Å². The third-order valence-electron chi connectivity index (χ3n) is 5.94. The number of H-pyrrole nitrogens is 1. The molecule has 1 saturated heterocycles. The maximum absolute atomic E-state index is 13.2. The van der Waals surface area contributed by atoms with Crippen LogP contribution in [0.3, 0.4) is 0 Å². The molecule has 0 spiro atoms. The minimum atomic E-state index is -0.600. The number of anilines is 2. The highest BCUT2D eigenvalue weighted by molar-refractivity contribution is 5.96. The van der Waals surface area contributed by atoms with Crippen LogP contribution in [-0.4, -0.2) is 47.1 Å². The van der Waals surface area contributed by atoms with Crippen molar-refractivity contribution >= 4 is 28.4 Å². The van der Waals surface area contributed by atoms with E-state index in [1.165, 1.54) is 0 Å². The van der Waals surface area contributed by atoms with E-state index in [0.29, 0.717) is 39.1 Å². The minimum Gasteiger partial charge on any atom is -0.494 e. The predicted molar refractivity (Wildman–Crippen MR) is 118 cm³/mol. The average molecular weight is 409 g/mol. The lowest BCUT2D eigenvalue weighted by atomic mass is 9.77. The molecule has 0 atom stereocenters. The molecule has 0 aliphatic carbocycles. The van der Waals surface area contributed by atoms with Gasteiger partial charge in [0, 0.05) is 37.6 Å². The van der Waals surface area contributed by atoms with E-state index >= 15 is 0 Å². The molecule has 30 heavy (non-hydrogen) atoms. The van der Waals surface area contributed by atoms with Gasteiger partial charge in [-0.1, -0.05) is 6.07 Å². The summed E-state index contributed by atoms with van der Waals surface area (Å²) in [6.07, 6.45) is 4.85. The number of nitrogens with one attached hydrogen (secondary N) is 2. The molecule has 0 unspecified atom stereocenters. The van der Waals surface area contributed by atoms with E-state index < -0.39 is 5.41 Å². The van der Waals surface area contributed by atoms with E-state index in [0.717, 1.165) is 33.9 Å². The van der Waals surface area contributed by atoms with Crippen molar-refractivity contribution in [3.05, 3.63) is 42.4 Å². The number of nitrogens with two attached hydrogens (primary N) is 1. The van der Waals surface area contributed by atoms with Gasteiger partial charge in [0.2, 0.25) is 5.91 Å². The minimum absolute atomic E-state index is 0.0380. The zero-order valence-electron chi connectivity index (χ0n) is 17.4. The smallest absolute Gasteiger partial charge is 0.232 e. The van der Waals surface area contributed by atoms with Gasteiger partial charge in [0.1, 0.15) is 23.5 Å².